The molecule has 0 spiro atoms. The van der Waals surface area contributed by atoms with E-state index in [1.807, 2.05) is 6.08 Å². The van der Waals surface area contributed by atoms with Crippen molar-refractivity contribution in [3.8, 4) is 0 Å². The van der Waals surface area contributed by atoms with E-state index < -0.39 is 0 Å². The van der Waals surface area contributed by atoms with E-state index in [0.29, 0.717) is 0 Å². The molecule has 0 atom stereocenters. The largest absolute Gasteiger partial charge is 0.203 e. The average molecular weight is 178 g/mol. The van der Waals surface area contributed by atoms with Gasteiger partial charge < -0.3 is 0 Å². The van der Waals surface area contributed by atoms with Crippen molar-refractivity contribution in [3.63, 3.8) is 0 Å². The number of hydrogen-bond acceptors (Lipinski definition) is 2. The van der Waals surface area contributed by atoms with Crippen LogP contribution in [0.4, 0.5) is 0 Å². The number of halogens is 1. The van der Waals surface area contributed by atoms with Crippen LogP contribution in [0.5, 0.6) is 0 Å². The molecule has 38 valence electrons. The first-order valence-corrected chi connectivity index (χ1v) is 3.22. The van der Waals surface area contributed by atoms with Crippen LogP contribution in [0.3, 0.4) is 0 Å². The van der Waals surface area contributed by atoms with E-state index >= 15 is 0 Å². The Bertz CT molecular complexity index is 104. The third-order valence-electron chi connectivity index (χ3n) is 0.322. The number of allylic oxidation sites excluding steroid dienone is 1. The molecule has 0 aliphatic rings. The van der Waals surface area contributed by atoms with E-state index in [1.54, 1.807) is 6.20 Å². The molecule has 0 saturated carbocycles. The maximum Gasteiger partial charge on any atom is 0.0634 e. The average Bonchev–Trinajstić information content (AvgIpc) is 1.69. The van der Waals surface area contributed by atoms with Gasteiger partial charge in [-0.2, -0.15) is 0 Å². The first-order valence-electron chi connectivity index (χ1n) is 1.69. The van der Waals surface area contributed by atoms with Gasteiger partial charge in [0.05, 0.1) is 5.16 Å². The van der Waals surface area contributed by atoms with Gasteiger partial charge in [-0.3, -0.25) is 0 Å². The summed E-state index contributed by atoms with van der Waals surface area (Å²) in [7, 11) is 0. The lowest BCUT2D eigenvalue weighted by Crippen LogP contribution is -1.53. The van der Waals surface area contributed by atoms with Gasteiger partial charge in [0.25, 0.3) is 0 Å². The predicted molar refractivity (Wildman–Crippen MR) is 38.0 cm³/mol. The quantitative estimate of drug-likeness (QED) is 0.358. The Balaban J connectivity index is 3.27. The fourth-order valence-corrected chi connectivity index (χ4v) is 0.351. The Morgan fingerprint density at radius 2 is 2.57 bits per heavy atom. The van der Waals surface area contributed by atoms with E-state index in [9.17, 15) is 0 Å². The summed E-state index contributed by atoms with van der Waals surface area (Å²) in [5, 5.41) is 3.02. The number of nitrogens with zero attached hydrogens (tertiary/aromatic N) is 1. The van der Waals surface area contributed by atoms with E-state index in [-0.39, 0.29) is 0 Å². The molecule has 7 heavy (non-hydrogen) atoms. The van der Waals surface area contributed by atoms with Gasteiger partial charge in [-0.1, -0.05) is 22.0 Å². The molecule has 0 N–H and O–H groups in total. The zero-order valence-electron chi connectivity index (χ0n) is 3.60. The second kappa shape index (κ2) is 6.02. The highest BCUT2D eigenvalue weighted by molar-refractivity contribution is 9.09. The summed E-state index contributed by atoms with van der Waals surface area (Å²) in [4.78, 5) is 3.52. The van der Waals surface area contributed by atoms with Crippen LogP contribution in [0.2, 0.25) is 0 Å². The zero-order valence-corrected chi connectivity index (χ0v) is 6.00. The first kappa shape index (κ1) is 7.02. The SMILES string of the molecule is S=C=N/C=C\CBr. The highest BCUT2D eigenvalue weighted by atomic mass is 79.9. The van der Waals surface area contributed by atoms with E-state index in [2.05, 4.69) is 38.3 Å². The Labute approximate surface area is 56.3 Å². The van der Waals surface area contributed by atoms with Gasteiger partial charge in [-0.25, -0.2) is 4.99 Å². The van der Waals surface area contributed by atoms with Crippen LogP contribution < -0.4 is 0 Å². The lowest BCUT2D eigenvalue weighted by Gasteiger charge is -1.65. The summed E-state index contributed by atoms with van der Waals surface area (Å²) in [6.07, 6.45) is 3.43. The maximum absolute atomic E-state index is 4.28. The topological polar surface area (TPSA) is 12.4 Å². The predicted octanol–water partition coefficient (Wildman–Crippen LogP) is 2.00. The monoisotopic (exact) mass is 177 g/mol. The minimum atomic E-state index is 0.813. The second-order valence-electron chi connectivity index (χ2n) is 0.759. The number of hydrogen-bond donors (Lipinski definition) is 0. The number of thiocarbonyl (C=S) groups is 1. The molecule has 0 fully saturated rings. The van der Waals surface area contributed by atoms with Gasteiger partial charge in [0.15, 0.2) is 0 Å². The fourth-order valence-electron chi connectivity index (χ4n) is 0.123. The molecule has 3 heteroatoms. The van der Waals surface area contributed by atoms with Gasteiger partial charge >= 0.3 is 0 Å². The van der Waals surface area contributed by atoms with Crippen LogP contribution in [-0.2, 0) is 0 Å². The van der Waals surface area contributed by atoms with Gasteiger partial charge in [0, 0.05) is 11.5 Å². The summed E-state index contributed by atoms with van der Waals surface area (Å²) < 4.78 is 0. The highest BCUT2D eigenvalue weighted by Crippen LogP contribution is 1.80. The van der Waals surface area contributed by atoms with Crippen molar-refractivity contribution in [1.29, 1.82) is 0 Å². The standard InChI is InChI=1S/C4H4BrNS/c5-2-1-3-6-4-7/h1,3H,2H2/b3-1-. The molecule has 0 radical (unpaired) electrons. The first-order chi connectivity index (χ1) is 3.41. The normalized spacial score (nSPS) is 8.71. The summed E-state index contributed by atoms with van der Waals surface area (Å²) in [5.74, 6) is 0. The molecule has 0 rings (SSSR count). The number of aliphatic imine (C=N–C) groups is 1. The molecule has 0 unspecified atom stereocenters. The van der Waals surface area contributed by atoms with Crippen LogP contribution in [0, 0.1) is 0 Å². The van der Waals surface area contributed by atoms with Gasteiger partial charge in [0.2, 0.25) is 0 Å². The minimum absolute atomic E-state index is 0.813. The number of alkyl halides is 1. The van der Waals surface area contributed by atoms with Crippen molar-refractivity contribution in [2.45, 2.75) is 0 Å². The molecule has 0 amide bonds. The molecular weight excluding hydrogens is 174 g/mol. The molecule has 0 saturated heterocycles. The lowest BCUT2D eigenvalue weighted by molar-refractivity contribution is 1.58. The fraction of sp³-hybridized carbons (Fsp3) is 0.250. The molecule has 0 aromatic rings. The molecule has 0 aromatic carbocycles. The van der Waals surface area contributed by atoms with Crippen LogP contribution in [0.25, 0.3) is 0 Å². The summed E-state index contributed by atoms with van der Waals surface area (Å²) in [6.45, 7) is 0. The Morgan fingerprint density at radius 1 is 1.86 bits per heavy atom. The van der Waals surface area contributed by atoms with Crippen LogP contribution >= 0.6 is 28.1 Å². The van der Waals surface area contributed by atoms with Crippen LogP contribution in [-0.4, -0.2) is 10.5 Å². The third kappa shape index (κ3) is 6.02. The van der Waals surface area contributed by atoms with Crippen molar-refractivity contribution in [2.24, 2.45) is 4.99 Å². The maximum atomic E-state index is 4.28. The molecular formula is C4H4BrNS. The van der Waals surface area contributed by atoms with Crippen LogP contribution in [0.1, 0.15) is 0 Å². The minimum Gasteiger partial charge on any atom is -0.203 e. The van der Waals surface area contributed by atoms with Crippen LogP contribution in [0.15, 0.2) is 17.3 Å². The van der Waals surface area contributed by atoms with Crippen molar-refractivity contribution in [1.82, 2.24) is 0 Å². The van der Waals surface area contributed by atoms with E-state index in [4.69, 9.17) is 0 Å². The molecule has 0 heterocycles. The van der Waals surface area contributed by atoms with Crippen molar-refractivity contribution in [2.75, 3.05) is 5.33 Å². The summed E-state index contributed by atoms with van der Waals surface area (Å²) in [5.41, 5.74) is 0. The van der Waals surface area contributed by atoms with Gasteiger partial charge in [-0.15, -0.1) is 0 Å². The summed E-state index contributed by atoms with van der Waals surface area (Å²) >= 11 is 7.45. The highest BCUT2D eigenvalue weighted by Gasteiger charge is 1.59. The Kier molecular flexibility index (Phi) is 6.04. The van der Waals surface area contributed by atoms with E-state index in [1.165, 1.54) is 0 Å². The smallest absolute Gasteiger partial charge is 0.0634 e. The zero-order chi connectivity index (χ0) is 5.54. The molecule has 1 nitrogen and oxygen atoms in total. The molecule has 0 aliphatic heterocycles. The Morgan fingerprint density at radius 3 is 3.00 bits per heavy atom. The number of isothiocyanates is 1. The molecule has 0 aromatic heterocycles. The Hall–Kier alpha value is 0.0200. The summed E-state index contributed by atoms with van der Waals surface area (Å²) in [6, 6.07) is 0. The second-order valence-corrected chi connectivity index (χ2v) is 1.59. The van der Waals surface area contributed by atoms with Crippen molar-refractivity contribution >= 4 is 33.3 Å². The number of rotatable bonds is 2. The van der Waals surface area contributed by atoms with Gasteiger partial charge in [-0.05, 0) is 12.2 Å². The lowest BCUT2D eigenvalue weighted by atomic mass is 10.7. The van der Waals surface area contributed by atoms with E-state index in [0.717, 1.165) is 5.33 Å². The molecule has 0 bridgehead atoms. The van der Waals surface area contributed by atoms with Gasteiger partial charge in [0.1, 0.15) is 0 Å². The van der Waals surface area contributed by atoms with Crippen molar-refractivity contribution < 1.29 is 0 Å². The molecule has 0 aliphatic carbocycles. The van der Waals surface area contributed by atoms with Crippen molar-refractivity contribution in [3.05, 3.63) is 12.3 Å². The third-order valence-corrected chi connectivity index (χ3v) is 0.801.